The first-order chi connectivity index (χ1) is 14.1. The van der Waals surface area contributed by atoms with E-state index in [2.05, 4.69) is 31.3 Å². The van der Waals surface area contributed by atoms with Crippen molar-refractivity contribution in [2.45, 2.75) is 51.9 Å². The molecule has 2 aromatic carbocycles. The van der Waals surface area contributed by atoms with Crippen molar-refractivity contribution in [1.82, 2.24) is 0 Å². The lowest BCUT2D eigenvalue weighted by Crippen LogP contribution is -2.83. The Kier molecular flexibility index (Phi) is 10.4. The zero-order valence-electron chi connectivity index (χ0n) is 17.9. The van der Waals surface area contributed by atoms with E-state index >= 15 is 0 Å². The Morgan fingerprint density at radius 2 is 1.48 bits per heavy atom. The van der Waals surface area contributed by atoms with Crippen molar-refractivity contribution in [3.05, 3.63) is 65.7 Å². The molecule has 0 aliphatic heterocycles. The summed E-state index contributed by atoms with van der Waals surface area (Å²) in [7, 11) is -1.73. The zero-order valence-corrected chi connectivity index (χ0v) is 18.8. The van der Waals surface area contributed by atoms with Crippen LogP contribution in [0.3, 0.4) is 0 Å². The molecule has 6 heteroatoms. The van der Waals surface area contributed by atoms with Crippen LogP contribution in [0.2, 0.25) is 0 Å². The highest BCUT2D eigenvalue weighted by Gasteiger charge is 2.40. The first-order valence-electron chi connectivity index (χ1n) is 10.5. The third-order valence-corrected chi connectivity index (χ3v) is 7.03. The van der Waals surface area contributed by atoms with Crippen LogP contribution in [0.4, 0.5) is 0 Å². The number of rotatable bonds is 14. The molecular formula is C23H35NO4P+. The lowest BCUT2D eigenvalue weighted by atomic mass is 10.2. The van der Waals surface area contributed by atoms with Crippen molar-refractivity contribution in [3.63, 3.8) is 0 Å². The van der Waals surface area contributed by atoms with Gasteiger partial charge in [-0.3, -0.25) is 4.57 Å². The van der Waals surface area contributed by atoms with Crippen LogP contribution in [0.15, 0.2) is 54.6 Å². The fourth-order valence-electron chi connectivity index (χ4n) is 2.98. The summed E-state index contributed by atoms with van der Waals surface area (Å²) in [5.74, 6) is 0.339. The predicted octanol–water partition coefficient (Wildman–Crippen LogP) is 5.28. The molecule has 0 spiro atoms. The predicted molar refractivity (Wildman–Crippen MR) is 117 cm³/mol. The molecule has 29 heavy (non-hydrogen) atoms. The Hall–Kier alpha value is -1.65. The van der Waals surface area contributed by atoms with E-state index in [-0.39, 0.29) is 0 Å². The van der Waals surface area contributed by atoms with Gasteiger partial charge in [0.1, 0.15) is 12.3 Å². The largest absolute Gasteiger partial charge is 0.497 e. The van der Waals surface area contributed by atoms with Gasteiger partial charge in [0.25, 0.3) is 0 Å². The maximum absolute atomic E-state index is 13.9. The highest BCUT2D eigenvalue weighted by atomic mass is 31.2. The van der Waals surface area contributed by atoms with Crippen LogP contribution in [-0.4, -0.2) is 20.3 Å². The molecule has 0 unspecified atom stereocenters. The van der Waals surface area contributed by atoms with E-state index in [1.807, 2.05) is 42.5 Å². The molecule has 2 N–H and O–H groups in total. The summed E-state index contributed by atoms with van der Waals surface area (Å²) in [6, 6.07) is 17.8. The lowest BCUT2D eigenvalue weighted by Gasteiger charge is -2.26. The first kappa shape index (κ1) is 23.6. The molecule has 0 bridgehead atoms. The number of ether oxygens (including phenoxy) is 1. The third kappa shape index (κ3) is 7.60. The van der Waals surface area contributed by atoms with Gasteiger partial charge < -0.3 is 19.1 Å². The molecule has 2 aromatic rings. The van der Waals surface area contributed by atoms with Crippen LogP contribution >= 0.6 is 7.60 Å². The van der Waals surface area contributed by atoms with Gasteiger partial charge in [0.2, 0.25) is 5.78 Å². The number of nitrogens with two attached hydrogens (primary N) is 1. The minimum absolute atomic E-state index is 0.428. The number of unbranched alkanes of at least 4 members (excludes halogenated alkanes) is 2. The molecule has 0 saturated carbocycles. The van der Waals surface area contributed by atoms with Gasteiger partial charge in [-0.2, -0.15) is 0 Å². The first-order valence-corrected chi connectivity index (χ1v) is 12.1. The van der Waals surface area contributed by atoms with Crippen LogP contribution in [0.5, 0.6) is 5.75 Å². The van der Waals surface area contributed by atoms with Crippen LogP contribution in [0.1, 0.15) is 56.4 Å². The zero-order chi connectivity index (χ0) is 21.0. The standard InChI is InChI=1S/C23H34NO4P/c1-4-6-17-27-29(25,28-18-7-5-2)23(21-13-15-22(26-3)16-14-21)24-19-20-11-9-8-10-12-20/h8-16,23-24H,4-7,17-19H2,1-3H3/p+1/t23-/m1/s1. The molecule has 0 amide bonds. The SMILES string of the molecule is CCCCOP(=O)(OCCCC)[C@@H]([NH2+]Cc1ccccc1)c1ccc(OC)cc1. The topological polar surface area (TPSA) is 61.4 Å². The van der Waals surface area contributed by atoms with Crippen LogP contribution in [-0.2, 0) is 20.2 Å². The lowest BCUT2D eigenvalue weighted by molar-refractivity contribution is -0.693. The summed E-state index contributed by atoms with van der Waals surface area (Å²) in [6.07, 6.45) is 3.68. The van der Waals surface area contributed by atoms with Crippen molar-refractivity contribution in [1.29, 1.82) is 0 Å². The third-order valence-electron chi connectivity index (χ3n) is 4.76. The van der Waals surface area contributed by atoms with E-state index in [0.29, 0.717) is 19.8 Å². The van der Waals surface area contributed by atoms with Gasteiger partial charge in [-0.25, -0.2) is 0 Å². The quantitative estimate of drug-likeness (QED) is 0.333. The van der Waals surface area contributed by atoms with Gasteiger partial charge in [0.05, 0.1) is 20.3 Å². The van der Waals surface area contributed by atoms with Gasteiger partial charge in [0.15, 0.2) is 0 Å². The maximum Gasteiger partial charge on any atom is 0.392 e. The second kappa shape index (κ2) is 12.8. The Labute approximate surface area is 175 Å². The molecular weight excluding hydrogens is 385 g/mol. The van der Waals surface area contributed by atoms with Gasteiger partial charge in [-0.15, -0.1) is 0 Å². The van der Waals surface area contributed by atoms with Crippen molar-refractivity contribution in [2.75, 3.05) is 20.3 Å². The fraction of sp³-hybridized carbons (Fsp3) is 0.478. The van der Waals surface area contributed by atoms with Crippen molar-refractivity contribution >= 4 is 7.60 Å². The second-order valence-corrected chi connectivity index (χ2v) is 9.21. The molecule has 0 radical (unpaired) electrons. The normalized spacial score (nSPS) is 12.7. The van der Waals surface area contributed by atoms with Crippen molar-refractivity contribution in [2.24, 2.45) is 0 Å². The van der Waals surface area contributed by atoms with Crippen LogP contribution < -0.4 is 10.1 Å². The van der Waals surface area contributed by atoms with Crippen LogP contribution in [0, 0.1) is 0 Å². The highest BCUT2D eigenvalue weighted by molar-refractivity contribution is 7.53. The molecule has 160 valence electrons. The smallest absolute Gasteiger partial charge is 0.392 e. The summed E-state index contributed by atoms with van der Waals surface area (Å²) in [5.41, 5.74) is 2.08. The van der Waals surface area contributed by atoms with Gasteiger partial charge >= 0.3 is 7.60 Å². The molecule has 1 atom stereocenters. The van der Waals surface area contributed by atoms with Gasteiger partial charge in [-0.1, -0.05) is 57.0 Å². The number of benzene rings is 2. The van der Waals surface area contributed by atoms with E-state index in [0.717, 1.165) is 37.0 Å². The van der Waals surface area contributed by atoms with E-state index in [9.17, 15) is 4.57 Å². The number of hydrogen-bond acceptors (Lipinski definition) is 4. The summed E-state index contributed by atoms with van der Waals surface area (Å²) in [4.78, 5) is 0. The monoisotopic (exact) mass is 420 g/mol. The number of methoxy groups -OCH3 is 1. The van der Waals surface area contributed by atoms with E-state index in [4.69, 9.17) is 13.8 Å². The highest BCUT2D eigenvalue weighted by Crippen LogP contribution is 2.58. The molecule has 0 aromatic heterocycles. The van der Waals surface area contributed by atoms with E-state index < -0.39 is 13.4 Å². The Morgan fingerprint density at radius 1 is 0.897 bits per heavy atom. The van der Waals surface area contributed by atoms with Crippen molar-refractivity contribution < 1.29 is 23.7 Å². The Balaban J connectivity index is 2.29. The molecule has 0 fully saturated rings. The van der Waals surface area contributed by atoms with E-state index in [1.54, 1.807) is 7.11 Å². The maximum atomic E-state index is 13.9. The molecule has 0 aliphatic carbocycles. The van der Waals surface area contributed by atoms with Gasteiger partial charge in [0, 0.05) is 11.1 Å². The Morgan fingerprint density at radius 3 is 2.00 bits per heavy atom. The Bertz CT molecular complexity index is 722. The average molecular weight is 421 g/mol. The molecule has 5 nitrogen and oxygen atoms in total. The summed E-state index contributed by atoms with van der Waals surface area (Å²) < 4.78 is 31.1. The molecule has 2 rings (SSSR count). The van der Waals surface area contributed by atoms with Crippen molar-refractivity contribution in [3.8, 4) is 5.75 Å². The van der Waals surface area contributed by atoms with Gasteiger partial charge in [-0.05, 0) is 37.1 Å². The number of quaternary nitrogens is 1. The minimum Gasteiger partial charge on any atom is -0.497 e. The molecule has 0 saturated heterocycles. The second-order valence-electron chi connectivity index (χ2n) is 7.06. The summed E-state index contributed by atoms with van der Waals surface area (Å²) >= 11 is 0. The fourth-order valence-corrected chi connectivity index (χ4v) is 5.04. The average Bonchev–Trinajstić information content (AvgIpc) is 2.75. The molecule has 0 aliphatic rings. The van der Waals surface area contributed by atoms with Crippen LogP contribution in [0.25, 0.3) is 0 Å². The summed E-state index contributed by atoms with van der Waals surface area (Å²) in [6.45, 7) is 5.75. The number of hydrogen-bond donors (Lipinski definition) is 1. The summed E-state index contributed by atoms with van der Waals surface area (Å²) in [5, 5.41) is 2.07. The van der Waals surface area contributed by atoms with E-state index in [1.165, 1.54) is 5.56 Å². The molecule has 0 heterocycles. The minimum atomic E-state index is -3.37.